The molecule has 1 spiro atoms. The van der Waals surface area contributed by atoms with Gasteiger partial charge in [0, 0.05) is 32.0 Å². The number of benzene rings is 1. The summed E-state index contributed by atoms with van der Waals surface area (Å²) in [6.45, 7) is 5.58. The van der Waals surface area contributed by atoms with Crippen molar-refractivity contribution in [2.45, 2.75) is 39.2 Å². The number of likely N-dealkylation sites (tertiary alicyclic amines) is 1. The molecule has 4 rings (SSSR count). The second-order valence-electron chi connectivity index (χ2n) is 7.45. The van der Waals surface area contributed by atoms with Crippen LogP contribution in [0.1, 0.15) is 38.2 Å². The summed E-state index contributed by atoms with van der Waals surface area (Å²) in [5.41, 5.74) is 1.92. The minimum absolute atomic E-state index is 0. The van der Waals surface area contributed by atoms with Gasteiger partial charge in [-0.05, 0) is 49.3 Å². The molecule has 146 valence electrons. The second-order valence-corrected chi connectivity index (χ2v) is 7.45. The Kier molecular flexibility index (Phi) is 6.39. The van der Waals surface area contributed by atoms with Gasteiger partial charge >= 0.3 is 0 Å². The number of rotatable bonds is 4. The van der Waals surface area contributed by atoms with Gasteiger partial charge in [0.15, 0.2) is 5.96 Å². The summed E-state index contributed by atoms with van der Waals surface area (Å²) >= 11 is 0. The van der Waals surface area contributed by atoms with E-state index in [2.05, 4.69) is 22.1 Å². The first kappa shape index (κ1) is 20.1. The van der Waals surface area contributed by atoms with Crippen molar-refractivity contribution >= 4 is 29.9 Å². The number of nitrogens with one attached hydrogen (secondary N) is 1. The van der Waals surface area contributed by atoms with Gasteiger partial charge in [-0.15, -0.1) is 24.0 Å². The van der Waals surface area contributed by atoms with Gasteiger partial charge in [0.2, 0.25) is 0 Å². The average molecular weight is 483 g/mol. The standard InChI is InChI=1S/C20H26FN5.HI/c1-2-23-19(25-10-8-20(14-25)6-3-7-20)24-13-16-4-5-18(17(21)12-16)26-11-9-22-15-26;/h4-5,9,11-12,15H,2-3,6-8,10,13-14H2,1H3,(H,23,24);1H. The van der Waals surface area contributed by atoms with Gasteiger partial charge < -0.3 is 14.8 Å². The van der Waals surface area contributed by atoms with E-state index in [-0.39, 0.29) is 29.8 Å². The summed E-state index contributed by atoms with van der Waals surface area (Å²) in [4.78, 5) is 11.1. The largest absolute Gasteiger partial charge is 0.357 e. The Balaban J connectivity index is 0.00000210. The smallest absolute Gasteiger partial charge is 0.194 e. The number of nitrogens with zero attached hydrogens (tertiary/aromatic N) is 4. The number of imidazole rings is 1. The Labute approximate surface area is 177 Å². The normalized spacial score (nSPS) is 18.3. The Morgan fingerprint density at radius 3 is 2.78 bits per heavy atom. The summed E-state index contributed by atoms with van der Waals surface area (Å²) in [5, 5.41) is 3.40. The SMILES string of the molecule is CCNC(=NCc1ccc(-n2ccnc2)c(F)c1)N1CCC2(CCC2)C1.I. The average Bonchev–Trinajstić information content (AvgIpc) is 3.28. The number of hydrogen-bond acceptors (Lipinski definition) is 2. The predicted molar refractivity (Wildman–Crippen MR) is 116 cm³/mol. The first-order valence-corrected chi connectivity index (χ1v) is 9.49. The van der Waals surface area contributed by atoms with Crippen molar-refractivity contribution < 1.29 is 4.39 Å². The van der Waals surface area contributed by atoms with Crippen molar-refractivity contribution in [2.75, 3.05) is 19.6 Å². The lowest BCUT2D eigenvalue weighted by atomic mass is 9.68. The van der Waals surface area contributed by atoms with Gasteiger partial charge in [-0.25, -0.2) is 14.4 Å². The highest BCUT2D eigenvalue weighted by molar-refractivity contribution is 14.0. The third-order valence-electron chi connectivity index (χ3n) is 5.69. The molecule has 5 nitrogen and oxygen atoms in total. The molecule has 0 radical (unpaired) electrons. The van der Waals surface area contributed by atoms with Crippen molar-refractivity contribution in [1.29, 1.82) is 0 Å². The molecule has 1 aromatic heterocycles. The molecule has 2 aromatic rings. The fourth-order valence-corrected chi connectivity index (χ4v) is 4.05. The molecule has 0 atom stereocenters. The molecule has 0 unspecified atom stereocenters. The number of guanidine groups is 1. The highest BCUT2D eigenvalue weighted by atomic mass is 127. The molecule has 1 saturated heterocycles. The van der Waals surface area contributed by atoms with Crippen LogP contribution in [0.3, 0.4) is 0 Å². The zero-order valence-electron chi connectivity index (χ0n) is 15.7. The molecular formula is C20H27FIN5. The van der Waals surface area contributed by atoms with Gasteiger partial charge in [0.25, 0.3) is 0 Å². The highest BCUT2D eigenvalue weighted by Gasteiger charge is 2.43. The number of aliphatic imine (C=N–C) groups is 1. The zero-order valence-corrected chi connectivity index (χ0v) is 18.0. The van der Waals surface area contributed by atoms with E-state index in [1.165, 1.54) is 25.7 Å². The van der Waals surface area contributed by atoms with E-state index in [0.29, 0.717) is 17.6 Å². The van der Waals surface area contributed by atoms with E-state index in [0.717, 1.165) is 31.2 Å². The first-order chi connectivity index (χ1) is 12.7. The van der Waals surface area contributed by atoms with Crippen LogP contribution in [0, 0.1) is 11.2 Å². The molecule has 2 aliphatic rings. The fraction of sp³-hybridized carbons (Fsp3) is 0.500. The molecule has 0 amide bonds. The van der Waals surface area contributed by atoms with Crippen LogP contribution in [0.5, 0.6) is 0 Å². The number of halogens is 2. The lowest BCUT2D eigenvalue weighted by Crippen LogP contribution is -2.42. The molecule has 0 bridgehead atoms. The summed E-state index contributed by atoms with van der Waals surface area (Å²) in [7, 11) is 0. The maximum atomic E-state index is 14.4. The first-order valence-electron chi connectivity index (χ1n) is 9.49. The third-order valence-corrected chi connectivity index (χ3v) is 5.69. The topological polar surface area (TPSA) is 45.5 Å². The van der Waals surface area contributed by atoms with E-state index in [4.69, 9.17) is 4.99 Å². The van der Waals surface area contributed by atoms with Gasteiger partial charge in [0.05, 0.1) is 18.6 Å². The monoisotopic (exact) mass is 483 g/mol. The minimum atomic E-state index is -0.254. The van der Waals surface area contributed by atoms with Crippen LogP contribution in [0.25, 0.3) is 5.69 Å². The Morgan fingerprint density at radius 2 is 2.19 bits per heavy atom. The van der Waals surface area contributed by atoms with E-state index < -0.39 is 0 Å². The molecule has 7 heteroatoms. The molecule has 1 aromatic carbocycles. The van der Waals surface area contributed by atoms with Crippen molar-refractivity contribution in [1.82, 2.24) is 19.8 Å². The van der Waals surface area contributed by atoms with Crippen LogP contribution in [0.2, 0.25) is 0 Å². The Bertz CT molecular complexity index is 786. The molecule has 2 fully saturated rings. The van der Waals surface area contributed by atoms with Crippen molar-refractivity contribution in [3.8, 4) is 5.69 Å². The Morgan fingerprint density at radius 1 is 1.33 bits per heavy atom. The molecule has 1 N–H and O–H groups in total. The van der Waals surface area contributed by atoms with Crippen molar-refractivity contribution in [3.05, 3.63) is 48.3 Å². The predicted octanol–water partition coefficient (Wildman–Crippen LogP) is 3.97. The number of hydrogen-bond donors (Lipinski definition) is 1. The zero-order chi connectivity index (χ0) is 18.0. The Hall–Kier alpha value is -1.64. The highest BCUT2D eigenvalue weighted by Crippen LogP contribution is 2.47. The second kappa shape index (κ2) is 8.58. The third kappa shape index (κ3) is 4.28. The lowest BCUT2D eigenvalue weighted by Gasteiger charge is -2.38. The molecule has 1 aliphatic heterocycles. The molecule has 2 heterocycles. The maximum absolute atomic E-state index is 14.4. The molecule has 27 heavy (non-hydrogen) atoms. The summed E-state index contributed by atoms with van der Waals surface area (Å²) in [5.74, 6) is 0.700. The maximum Gasteiger partial charge on any atom is 0.194 e. The van der Waals surface area contributed by atoms with Crippen LogP contribution in [0.4, 0.5) is 4.39 Å². The summed E-state index contributed by atoms with van der Waals surface area (Å²) in [6, 6.07) is 5.29. The molecule has 1 aliphatic carbocycles. The van der Waals surface area contributed by atoms with Gasteiger partial charge in [0.1, 0.15) is 5.82 Å². The van der Waals surface area contributed by atoms with E-state index in [1.54, 1.807) is 35.4 Å². The van der Waals surface area contributed by atoms with Gasteiger partial charge in [-0.1, -0.05) is 12.5 Å². The van der Waals surface area contributed by atoms with Crippen LogP contribution in [-0.4, -0.2) is 40.0 Å². The van der Waals surface area contributed by atoms with Crippen LogP contribution >= 0.6 is 24.0 Å². The van der Waals surface area contributed by atoms with Crippen LogP contribution in [-0.2, 0) is 6.54 Å². The summed E-state index contributed by atoms with van der Waals surface area (Å²) in [6.07, 6.45) is 10.3. The van der Waals surface area contributed by atoms with Crippen molar-refractivity contribution in [3.63, 3.8) is 0 Å². The molecular weight excluding hydrogens is 456 g/mol. The van der Waals surface area contributed by atoms with Crippen LogP contribution < -0.4 is 5.32 Å². The lowest BCUT2D eigenvalue weighted by molar-refractivity contribution is 0.151. The fourth-order valence-electron chi connectivity index (χ4n) is 4.05. The number of aromatic nitrogens is 2. The minimum Gasteiger partial charge on any atom is -0.357 e. The molecule has 1 saturated carbocycles. The summed E-state index contributed by atoms with van der Waals surface area (Å²) < 4.78 is 16.1. The van der Waals surface area contributed by atoms with E-state index in [1.807, 2.05) is 6.07 Å². The van der Waals surface area contributed by atoms with E-state index >= 15 is 0 Å². The quantitative estimate of drug-likeness (QED) is 0.407. The van der Waals surface area contributed by atoms with Gasteiger partial charge in [-0.3, -0.25) is 0 Å². The van der Waals surface area contributed by atoms with Crippen LogP contribution in [0.15, 0.2) is 41.9 Å². The van der Waals surface area contributed by atoms with Crippen molar-refractivity contribution in [2.24, 2.45) is 10.4 Å². The van der Waals surface area contributed by atoms with E-state index in [9.17, 15) is 4.39 Å². The van der Waals surface area contributed by atoms with Gasteiger partial charge in [-0.2, -0.15) is 0 Å².